The minimum absolute atomic E-state index is 0.00150. The Morgan fingerprint density at radius 1 is 0.430 bits per heavy atom. The van der Waals surface area contributed by atoms with E-state index in [0.29, 0.717) is 25.7 Å². The second-order valence-corrected chi connectivity index (χ2v) is 20.6. The first kappa shape index (κ1) is 72.4. The molecule has 6 atom stereocenters. The summed E-state index contributed by atoms with van der Waals surface area (Å²) in [5, 5.41) is 31.5. The lowest BCUT2D eigenvalue weighted by atomic mass is 9.98. The molecule has 0 bridgehead atoms. The van der Waals surface area contributed by atoms with E-state index in [0.717, 1.165) is 148 Å². The number of ether oxygens (including phenoxy) is 5. The van der Waals surface area contributed by atoms with Gasteiger partial charge in [-0.05, 0) is 122 Å². The molecule has 0 saturated carbocycles. The summed E-state index contributed by atoms with van der Waals surface area (Å²) in [6.07, 6.45) is 60.5. The molecular formula is C67H108O12. The second-order valence-electron chi connectivity index (χ2n) is 20.6. The Morgan fingerprint density at radius 3 is 1.24 bits per heavy atom. The third-order valence-corrected chi connectivity index (χ3v) is 13.3. The van der Waals surface area contributed by atoms with Crippen molar-refractivity contribution in [1.29, 1.82) is 0 Å². The number of carboxylic acid groups (broad SMARTS) is 1. The highest BCUT2D eigenvalue weighted by atomic mass is 16.7. The van der Waals surface area contributed by atoms with E-state index in [-0.39, 0.29) is 25.9 Å². The molecule has 1 fully saturated rings. The molecule has 0 aromatic carbocycles. The number of carbonyl (C=O) groups is 4. The molecule has 0 aromatic rings. The van der Waals surface area contributed by atoms with Crippen LogP contribution >= 0.6 is 0 Å². The lowest BCUT2D eigenvalue weighted by Gasteiger charge is -2.40. The van der Waals surface area contributed by atoms with Gasteiger partial charge in [0, 0.05) is 19.3 Å². The fraction of sp³-hybridized carbons (Fsp3) is 0.672. The van der Waals surface area contributed by atoms with Crippen molar-refractivity contribution in [3.05, 3.63) is 109 Å². The van der Waals surface area contributed by atoms with Crippen LogP contribution in [0.15, 0.2) is 109 Å². The summed E-state index contributed by atoms with van der Waals surface area (Å²) in [5.41, 5.74) is 0. The number of aliphatic hydroxyl groups excluding tert-OH is 2. The maximum absolute atomic E-state index is 13.2. The van der Waals surface area contributed by atoms with Gasteiger partial charge in [0.1, 0.15) is 18.8 Å². The highest BCUT2D eigenvalue weighted by Crippen LogP contribution is 2.26. The van der Waals surface area contributed by atoms with Gasteiger partial charge in [-0.3, -0.25) is 14.4 Å². The van der Waals surface area contributed by atoms with Crippen LogP contribution in [0.4, 0.5) is 0 Å². The van der Waals surface area contributed by atoms with Crippen LogP contribution in [0.25, 0.3) is 0 Å². The minimum atomic E-state index is -1.93. The van der Waals surface area contributed by atoms with E-state index in [1.807, 2.05) is 0 Å². The monoisotopic (exact) mass is 1100 g/mol. The Balaban J connectivity index is 2.72. The molecule has 12 heteroatoms. The summed E-state index contributed by atoms with van der Waals surface area (Å²) >= 11 is 0. The second kappa shape index (κ2) is 54.0. The molecule has 1 rings (SSSR count). The fourth-order valence-corrected chi connectivity index (χ4v) is 8.64. The molecular weight excluding hydrogens is 997 g/mol. The Hall–Kier alpha value is -4.62. The Bertz CT molecular complexity index is 1790. The van der Waals surface area contributed by atoms with Crippen LogP contribution in [0.2, 0.25) is 0 Å². The Labute approximate surface area is 478 Å². The zero-order valence-electron chi connectivity index (χ0n) is 49.3. The largest absolute Gasteiger partial charge is 0.479 e. The summed E-state index contributed by atoms with van der Waals surface area (Å²) < 4.78 is 28.4. The predicted molar refractivity (Wildman–Crippen MR) is 321 cm³/mol. The SMILES string of the molecule is CC/C=C\C/C=C\C/C=C\C/C=C\CCCCC(=O)OC1C(OCC(COC(=O)CCCCCCCCC/C=C\C/C=C\C/C=C\CC)OC(=O)CCCCCCCCC/C=C\C/C=C\CCCCC)OC(C(=O)O)C(O)C1O. The van der Waals surface area contributed by atoms with Crippen molar-refractivity contribution in [3.63, 3.8) is 0 Å². The van der Waals surface area contributed by atoms with Crippen LogP contribution in [0, 0.1) is 0 Å². The highest BCUT2D eigenvalue weighted by molar-refractivity contribution is 5.74. The number of hydrogen-bond acceptors (Lipinski definition) is 11. The Kier molecular flexibility index (Phi) is 49.5. The molecule has 448 valence electrons. The van der Waals surface area contributed by atoms with Gasteiger partial charge in [-0.1, -0.05) is 207 Å². The zero-order chi connectivity index (χ0) is 57.5. The lowest BCUT2D eigenvalue weighted by molar-refractivity contribution is -0.301. The molecule has 3 N–H and O–H groups in total. The zero-order valence-corrected chi connectivity index (χ0v) is 49.3. The van der Waals surface area contributed by atoms with Gasteiger partial charge in [0.2, 0.25) is 0 Å². The van der Waals surface area contributed by atoms with Crippen LogP contribution in [-0.2, 0) is 42.9 Å². The van der Waals surface area contributed by atoms with E-state index in [2.05, 4.69) is 130 Å². The first-order chi connectivity index (χ1) is 38.6. The van der Waals surface area contributed by atoms with E-state index in [9.17, 15) is 34.5 Å². The van der Waals surface area contributed by atoms with Gasteiger partial charge < -0.3 is 39.0 Å². The fourth-order valence-electron chi connectivity index (χ4n) is 8.64. The van der Waals surface area contributed by atoms with Crippen molar-refractivity contribution >= 4 is 23.9 Å². The van der Waals surface area contributed by atoms with Crippen LogP contribution in [0.1, 0.15) is 239 Å². The molecule has 6 unspecified atom stereocenters. The maximum Gasteiger partial charge on any atom is 0.335 e. The van der Waals surface area contributed by atoms with Crippen LogP contribution in [0.5, 0.6) is 0 Å². The summed E-state index contributed by atoms with van der Waals surface area (Å²) in [6, 6.07) is 0. The predicted octanol–water partition coefficient (Wildman–Crippen LogP) is 16.2. The topological polar surface area (TPSA) is 175 Å². The third-order valence-electron chi connectivity index (χ3n) is 13.3. The average molecular weight is 1110 g/mol. The first-order valence-electron chi connectivity index (χ1n) is 30.9. The quantitative estimate of drug-likeness (QED) is 0.0228. The van der Waals surface area contributed by atoms with Crippen LogP contribution in [-0.4, -0.2) is 89.2 Å². The van der Waals surface area contributed by atoms with E-state index in [4.69, 9.17) is 23.7 Å². The van der Waals surface area contributed by atoms with E-state index >= 15 is 0 Å². The highest BCUT2D eigenvalue weighted by Gasteiger charge is 2.50. The number of carbonyl (C=O) groups excluding carboxylic acids is 3. The summed E-state index contributed by atoms with van der Waals surface area (Å²) in [6.45, 7) is 5.71. The number of hydrogen-bond donors (Lipinski definition) is 3. The van der Waals surface area contributed by atoms with Crippen molar-refractivity contribution in [2.24, 2.45) is 0 Å². The molecule has 0 aromatic heterocycles. The van der Waals surface area contributed by atoms with Gasteiger partial charge in [0.15, 0.2) is 24.6 Å². The number of carboxylic acids is 1. The van der Waals surface area contributed by atoms with Crippen molar-refractivity contribution in [2.75, 3.05) is 13.2 Å². The molecule has 1 aliphatic rings. The summed E-state index contributed by atoms with van der Waals surface area (Å²) in [5.74, 6) is -3.21. The third kappa shape index (κ3) is 43.8. The molecule has 0 aliphatic carbocycles. The van der Waals surface area contributed by atoms with Gasteiger partial charge in [-0.25, -0.2) is 4.79 Å². The molecule has 12 nitrogen and oxygen atoms in total. The number of allylic oxidation sites excluding steroid dienone is 18. The van der Waals surface area contributed by atoms with Gasteiger partial charge >= 0.3 is 23.9 Å². The molecule has 79 heavy (non-hydrogen) atoms. The van der Waals surface area contributed by atoms with E-state index < -0.39 is 67.3 Å². The first-order valence-corrected chi connectivity index (χ1v) is 30.9. The number of esters is 3. The van der Waals surface area contributed by atoms with E-state index in [1.165, 1.54) is 25.7 Å². The van der Waals surface area contributed by atoms with Crippen molar-refractivity contribution < 1.29 is 58.2 Å². The normalized spacial score (nSPS) is 18.6. The van der Waals surface area contributed by atoms with Gasteiger partial charge in [-0.15, -0.1) is 0 Å². The minimum Gasteiger partial charge on any atom is -0.479 e. The molecule has 1 saturated heterocycles. The molecule has 0 amide bonds. The number of rotatable bonds is 51. The van der Waals surface area contributed by atoms with Gasteiger partial charge in [0.05, 0.1) is 6.61 Å². The van der Waals surface area contributed by atoms with Crippen molar-refractivity contribution in [2.45, 2.75) is 276 Å². The molecule has 1 heterocycles. The van der Waals surface area contributed by atoms with Gasteiger partial charge in [0.25, 0.3) is 0 Å². The molecule has 0 radical (unpaired) electrons. The van der Waals surface area contributed by atoms with Crippen molar-refractivity contribution in [3.8, 4) is 0 Å². The number of aliphatic carboxylic acids is 1. The average Bonchev–Trinajstić information content (AvgIpc) is 3.43. The molecule has 0 spiro atoms. The standard InChI is InChI=1S/C67H108O12/c1-4-7-10-13-16-19-22-25-28-30-33-35-38-41-44-47-50-53-59(68)75-56-58(77-60(69)54-51-48-45-42-39-37-34-31-29-26-23-20-17-14-11-8-5-2)57-76-67-65(63(72)62(71)64(79-67)66(73)74)78-61(70)55-52-49-46-43-40-36-32-27-24-21-18-15-12-9-6-3/h7,9-10,12,16-21,25-29,32,40,43,58,62-65,67,71-72H,4-6,8,11,13-15,22-24,30-31,33-39,41-42,44-57H2,1-3H3,(H,73,74)/b10-7-,12-9-,19-16-,20-17-,21-18-,28-25-,29-26-,32-27-,43-40-. The molecule has 1 aliphatic heterocycles. The van der Waals surface area contributed by atoms with Crippen LogP contribution in [0.3, 0.4) is 0 Å². The van der Waals surface area contributed by atoms with Crippen molar-refractivity contribution in [1.82, 2.24) is 0 Å². The summed E-state index contributed by atoms with van der Waals surface area (Å²) in [4.78, 5) is 51.2. The van der Waals surface area contributed by atoms with E-state index in [1.54, 1.807) is 0 Å². The number of aliphatic hydroxyl groups is 2. The summed E-state index contributed by atoms with van der Waals surface area (Å²) in [7, 11) is 0. The Morgan fingerprint density at radius 2 is 0.797 bits per heavy atom. The lowest BCUT2D eigenvalue weighted by Crippen LogP contribution is -2.61. The van der Waals surface area contributed by atoms with Gasteiger partial charge in [-0.2, -0.15) is 0 Å². The number of unbranched alkanes of at least 4 members (excludes halogenated alkanes) is 19. The van der Waals surface area contributed by atoms with Crippen LogP contribution < -0.4 is 0 Å². The maximum atomic E-state index is 13.2. The smallest absolute Gasteiger partial charge is 0.335 e.